The Bertz CT molecular complexity index is 3900. The molecular weight excluding hydrogens is 801 g/mol. The van der Waals surface area contributed by atoms with Gasteiger partial charge in [-0.25, -0.2) is 0 Å². The second kappa shape index (κ2) is 14.1. The summed E-state index contributed by atoms with van der Waals surface area (Å²) in [5.74, 6) is 0. The maximum absolute atomic E-state index is 9.80. The lowest BCUT2D eigenvalue weighted by Crippen LogP contribution is -2.11. The van der Waals surface area contributed by atoms with Crippen molar-refractivity contribution in [2.45, 2.75) is 0 Å². The molecule has 0 bridgehead atoms. The summed E-state index contributed by atoms with van der Waals surface area (Å²) in [5, 5.41) is 29.8. The van der Waals surface area contributed by atoms with Crippen LogP contribution in [0.15, 0.2) is 207 Å². The van der Waals surface area contributed by atoms with E-state index >= 15 is 0 Å². The maximum Gasteiger partial charge on any atom is 0.159 e. The van der Waals surface area contributed by atoms with Gasteiger partial charge in [0.1, 0.15) is 22.3 Å². The molecule has 302 valence electrons. The second-order valence-electron chi connectivity index (χ2n) is 16.2. The molecule has 0 saturated heterocycles. The molecular formula is C58H32N4O3. The predicted octanol–water partition coefficient (Wildman–Crippen LogP) is 16.4. The van der Waals surface area contributed by atoms with Gasteiger partial charge in [-0.3, -0.25) is 0 Å². The Labute approximate surface area is 371 Å². The molecule has 3 aromatic heterocycles. The van der Waals surface area contributed by atoms with Crippen molar-refractivity contribution >= 4 is 121 Å². The van der Waals surface area contributed by atoms with Crippen molar-refractivity contribution in [1.29, 1.82) is 10.5 Å². The molecule has 3 heterocycles. The van der Waals surface area contributed by atoms with Crippen LogP contribution in [0, 0.1) is 22.7 Å². The minimum absolute atomic E-state index is 0.572. The lowest BCUT2D eigenvalue weighted by atomic mass is 9.96. The molecule has 7 heteroatoms. The fourth-order valence-corrected chi connectivity index (χ4v) is 9.83. The zero-order valence-electron chi connectivity index (χ0n) is 34.5. The van der Waals surface area contributed by atoms with Crippen molar-refractivity contribution in [3.8, 4) is 12.1 Å². The third-order valence-corrected chi connectivity index (χ3v) is 12.7. The van der Waals surface area contributed by atoms with Gasteiger partial charge in [0.25, 0.3) is 0 Å². The largest absolute Gasteiger partial charge is 0.456 e. The van der Waals surface area contributed by atoms with E-state index in [2.05, 4.69) is 131 Å². The molecule has 0 N–H and O–H groups in total. The van der Waals surface area contributed by atoms with Crippen LogP contribution in [0.3, 0.4) is 0 Å². The second-order valence-corrected chi connectivity index (χ2v) is 16.2. The summed E-state index contributed by atoms with van der Waals surface area (Å²) in [7, 11) is 0. The molecule has 65 heavy (non-hydrogen) atoms. The molecule has 13 aromatic rings. The molecule has 0 aliphatic heterocycles. The van der Waals surface area contributed by atoms with Crippen LogP contribution in [0.25, 0.3) is 87.4 Å². The molecule has 7 nitrogen and oxygen atoms in total. The highest BCUT2D eigenvalue weighted by molar-refractivity contribution is 6.30. The molecule has 13 rings (SSSR count). The summed E-state index contributed by atoms with van der Waals surface area (Å²) in [4.78, 5) is 4.43. The van der Waals surface area contributed by atoms with Crippen LogP contribution < -0.4 is 9.80 Å². The fraction of sp³-hybridized carbons (Fsp3) is 0. The number of rotatable bonds is 6. The Morgan fingerprint density at radius 1 is 0.308 bits per heavy atom. The van der Waals surface area contributed by atoms with Crippen molar-refractivity contribution in [3.05, 3.63) is 205 Å². The van der Waals surface area contributed by atoms with Crippen LogP contribution in [0.1, 0.15) is 11.1 Å². The van der Waals surface area contributed by atoms with Gasteiger partial charge in [0, 0.05) is 66.6 Å². The van der Waals surface area contributed by atoms with Crippen molar-refractivity contribution < 1.29 is 13.3 Å². The van der Waals surface area contributed by atoms with E-state index < -0.39 is 0 Å². The van der Waals surface area contributed by atoms with E-state index in [4.69, 9.17) is 13.3 Å². The number of furan rings is 3. The number of fused-ring (bicyclic) bond motifs is 13. The number of nitrogens with zero attached hydrogens (tertiary/aromatic N) is 4. The van der Waals surface area contributed by atoms with Gasteiger partial charge in [-0.15, -0.1) is 0 Å². The SMILES string of the molecule is N#Cc1ccc(N(c2cc3oc4cc(N(c5ccc(C#N)cc5)c5cccc6c5oc5ccccc56)c5ccccc5c4c3c3ccccc23)c2cccc3c2oc2ccccc23)cc1. The zero-order chi connectivity index (χ0) is 43.2. The van der Waals surface area contributed by atoms with E-state index in [-0.39, 0.29) is 0 Å². The number of nitriles is 2. The van der Waals surface area contributed by atoms with E-state index in [1.54, 1.807) is 0 Å². The van der Waals surface area contributed by atoms with Crippen LogP contribution in [-0.4, -0.2) is 0 Å². The first-order valence-corrected chi connectivity index (χ1v) is 21.4. The predicted molar refractivity (Wildman–Crippen MR) is 262 cm³/mol. The third-order valence-electron chi connectivity index (χ3n) is 12.7. The Kier molecular flexibility index (Phi) is 7.90. The van der Waals surface area contributed by atoms with Crippen LogP contribution in [0.2, 0.25) is 0 Å². The summed E-state index contributed by atoms with van der Waals surface area (Å²) in [6, 6.07) is 69.9. The molecule has 0 aliphatic rings. The molecule has 0 aliphatic carbocycles. The zero-order valence-corrected chi connectivity index (χ0v) is 34.5. The van der Waals surface area contributed by atoms with Gasteiger partial charge < -0.3 is 23.1 Å². The van der Waals surface area contributed by atoms with Gasteiger partial charge in [0.05, 0.1) is 46.0 Å². The first kappa shape index (κ1) is 36.4. The smallest absolute Gasteiger partial charge is 0.159 e. The van der Waals surface area contributed by atoms with E-state index in [0.29, 0.717) is 11.1 Å². The van der Waals surface area contributed by atoms with Crippen molar-refractivity contribution in [1.82, 2.24) is 0 Å². The monoisotopic (exact) mass is 832 g/mol. The highest BCUT2D eigenvalue weighted by atomic mass is 16.3. The molecule has 0 atom stereocenters. The van der Waals surface area contributed by atoms with Gasteiger partial charge >= 0.3 is 0 Å². The number of hydrogen-bond acceptors (Lipinski definition) is 7. The maximum atomic E-state index is 9.80. The van der Waals surface area contributed by atoms with Crippen molar-refractivity contribution in [2.75, 3.05) is 9.80 Å². The van der Waals surface area contributed by atoms with E-state index in [0.717, 1.165) is 121 Å². The number of hydrogen-bond donors (Lipinski definition) is 0. The standard InChI is InChI=1S/C58H32N4O3/c59-33-35-23-27-37(28-24-35)61(47-19-9-17-45-41-13-5-7-21-51(41)64-57(45)47)49-31-53-55(43-15-3-1-11-39(43)49)56-44-16-4-2-12-40(44)50(32-54(56)63-53)62(38-29-25-36(34-60)26-30-38)48-20-10-18-46-42-14-6-8-22-52(42)65-58(46)48/h1-32H. The quantitative estimate of drug-likeness (QED) is 0.165. The van der Waals surface area contributed by atoms with E-state index in [1.165, 1.54) is 0 Å². The molecule has 0 saturated carbocycles. The summed E-state index contributed by atoms with van der Waals surface area (Å²) >= 11 is 0. The average molecular weight is 833 g/mol. The van der Waals surface area contributed by atoms with Gasteiger partial charge in [0.2, 0.25) is 0 Å². The number of benzene rings is 10. The van der Waals surface area contributed by atoms with E-state index in [1.807, 2.05) is 84.9 Å². The molecule has 0 radical (unpaired) electrons. The topological polar surface area (TPSA) is 93.5 Å². The number of anilines is 6. The van der Waals surface area contributed by atoms with Crippen LogP contribution in [0.5, 0.6) is 0 Å². The Balaban J connectivity index is 1.10. The van der Waals surface area contributed by atoms with E-state index in [9.17, 15) is 10.5 Å². The summed E-state index contributed by atoms with van der Waals surface area (Å²) in [5.41, 5.74) is 10.9. The molecule has 0 fully saturated rings. The minimum Gasteiger partial charge on any atom is -0.456 e. The first-order chi connectivity index (χ1) is 32.1. The van der Waals surface area contributed by atoms with Gasteiger partial charge in [0.15, 0.2) is 11.2 Å². The Morgan fingerprint density at radius 3 is 1.09 bits per heavy atom. The highest BCUT2D eigenvalue weighted by Gasteiger charge is 2.27. The first-order valence-electron chi connectivity index (χ1n) is 21.4. The highest BCUT2D eigenvalue weighted by Crippen LogP contribution is 2.51. The van der Waals surface area contributed by atoms with Crippen LogP contribution >= 0.6 is 0 Å². The normalized spacial score (nSPS) is 11.7. The summed E-state index contributed by atoms with van der Waals surface area (Å²) in [6.07, 6.45) is 0. The molecule has 0 unspecified atom stereocenters. The van der Waals surface area contributed by atoms with Crippen LogP contribution in [0.4, 0.5) is 34.1 Å². The lowest BCUT2D eigenvalue weighted by molar-refractivity contribution is 0.667. The minimum atomic E-state index is 0.572. The van der Waals surface area contributed by atoms with Gasteiger partial charge in [-0.05, 0) is 83.6 Å². The van der Waals surface area contributed by atoms with Crippen LogP contribution in [-0.2, 0) is 0 Å². The third kappa shape index (κ3) is 5.47. The summed E-state index contributed by atoms with van der Waals surface area (Å²) < 4.78 is 20.5. The lowest BCUT2D eigenvalue weighted by Gasteiger charge is -2.27. The Hall–Kier alpha value is -9.30. The van der Waals surface area contributed by atoms with Gasteiger partial charge in [-0.2, -0.15) is 10.5 Å². The molecule has 0 amide bonds. The Morgan fingerprint density at radius 2 is 0.677 bits per heavy atom. The number of para-hydroxylation sites is 4. The molecule has 10 aromatic carbocycles. The average Bonchev–Trinajstić information content (AvgIpc) is 4.07. The van der Waals surface area contributed by atoms with Gasteiger partial charge in [-0.1, -0.05) is 109 Å². The van der Waals surface area contributed by atoms with Crippen molar-refractivity contribution in [3.63, 3.8) is 0 Å². The molecule has 0 spiro atoms. The summed E-state index contributed by atoms with van der Waals surface area (Å²) in [6.45, 7) is 0. The van der Waals surface area contributed by atoms with Crippen molar-refractivity contribution in [2.24, 2.45) is 0 Å². The fourth-order valence-electron chi connectivity index (χ4n) is 9.83.